The molecule has 0 bridgehead atoms. The topological polar surface area (TPSA) is 70.6 Å². The van der Waals surface area contributed by atoms with Gasteiger partial charge in [0.2, 0.25) is 0 Å². The molecule has 0 saturated carbocycles. The molecule has 2 aromatic rings. The van der Waals surface area contributed by atoms with Gasteiger partial charge in [0.05, 0.1) is 11.6 Å². The van der Waals surface area contributed by atoms with Crippen LogP contribution in [-0.4, -0.2) is 26.3 Å². The third kappa shape index (κ3) is 2.56. The van der Waals surface area contributed by atoms with Gasteiger partial charge in [0.1, 0.15) is 17.7 Å². The van der Waals surface area contributed by atoms with Crippen LogP contribution in [0.1, 0.15) is 55.4 Å². The highest BCUT2D eigenvalue weighted by atomic mass is 15.3. The number of hydrogen-bond acceptors (Lipinski definition) is 5. The van der Waals surface area contributed by atoms with Crippen molar-refractivity contribution in [1.82, 2.24) is 19.7 Å². The molecule has 6 nitrogen and oxygen atoms in total. The average Bonchev–Trinajstić information content (AvgIpc) is 3.16. The van der Waals surface area contributed by atoms with E-state index in [9.17, 15) is 0 Å². The highest BCUT2D eigenvalue weighted by molar-refractivity contribution is 5.44. The molecular formula is C17H20N6. The molecule has 0 aromatic carbocycles. The third-order valence-corrected chi connectivity index (χ3v) is 4.86. The number of hydrogen-bond donors (Lipinski definition) is 0. The van der Waals surface area contributed by atoms with Crippen LogP contribution in [-0.2, 0) is 13.0 Å². The summed E-state index contributed by atoms with van der Waals surface area (Å²) in [7, 11) is 0. The highest BCUT2D eigenvalue weighted by Gasteiger charge is 2.32. The molecule has 4 rings (SSSR count). The Morgan fingerprint density at radius 2 is 2.04 bits per heavy atom. The van der Waals surface area contributed by atoms with E-state index in [1.807, 2.05) is 12.1 Å². The molecule has 0 radical (unpaired) electrons. The number of pyridine rings is 1. The molecule has 118 valence electrons. The van der Waals surface area contributed by atoms with Crippen molar-refractivity contribution in [3.05, 3.63) is 35.5 Å². The first-order valence-electron chi connectivity index (χ1n) is 8.41. The maximum Gasteiger partial charge on any atom is 0.155 e. The van der Waals surface area contributed by atoms with Gasteiger partial charge in [0, 0.05) is 25.7 Å². The third-order valence-electron chi connectivity index (χ3n) is 4.86. The van der Waals surface area contributed by atoms with Gasteiger partial charge in [-0.2, -0.15) is 5.26 Å². The van der Waals surface area contributed by atoms with Gasteiger partial charge in [0.15, 0.2) is 5.82 Å². The largest absolute Gasteiger partial charge is 0.346 e. The van der Waals surface area contributed by atoms with E-state index in [1.165, 1.54) is 19.3 Å². The van der Waals surface area contributed by atoms with E-state index < -0.39 is 0 Å². The van der Waals surface area contributed by atoms with Crippen molar-refractivity contribution in [2.24, 2.45) is 0 Å². The van der Waals surface area contributed by atoms with E-state index in [1.54, 1.807) is 6.20 Å². The molecule has 1 fully saturated rings. The van der Waals surface area contributed by atoms with Gasteiger partial charge in [-0.05, 0) is 37.8 Å². The summed E-state index contributed by atoms with van der Waals surface area (Å²) >= 11 is 0. The summed E-state index contributed by atoms with van der Waals surface area (Å²) in [5, 5.41) is 17.9. The van der Waals surface area contributed by atoms with Crippen molar-refractivity contribution in [2.75, 3.05) is 11.4 Å². The Kier molecular flexibility index (Phi) is 3.70. The minimum Gasteiger partial charge on any atom is -0.346 e. The van der Waals surface area contributed by atoms with Gasteiger partial charge < -0.3 is 9.47 Å². The Hall–Kier alpha value is -2.42. The molecular weight excluding hydrogens is 288 g/mol. The quantitative estimate of drug-likeness (QED) is 0.853. The predicted molar refractivity (Wildman–Crippen MR) is 85.9 cm³/mol. The van der Waals surface area contributed by atoms with E-state index in [2.05, 4.69) is 30.7 Å². The molecule has 2 aromatic heterocycles. The monoisotopic (exact) mass is 308 g/mol. The van der Waals surface area contributed by atoms with Gasteiger partial charge in [-0.3, -0.25) is 0 Å². The molecule has 2 aliphatic heterocycles. The van der Waals surface area contributed by atoms with Crippen LogP contribution in [0.4, 0.5) is 5.82 Å². The number of anilines is 1. The minimum atomic E-state index is 0.245. The smallest absolute Gasteiger partial charge is 0.155 e. The van der Waals surface area contributed by atoms with Crippen LogP contribution >= 0.6 is 0 Å². The Labute approximate surface area is 135 Å². The molecule has 6 heteroatoms. The molecule has 0 N–H and O–H groups in total. The van der Waals surface area contributed by atoms with Crippen LogP contribution in [0, 0.1) is 11.3 Å². The first kappa shape index (κ1) is 14.2. The summed E-state index contributed by atoms with van der Waals surface area (Å²) in [5.41, 5.74) is 0.598. The van der Waals surface area contributed by atoms with Crippen molar-refractivity contribution in [3.8, 4) is 6.07 Å². The summed E-state index contributed by atoms with van der Waals surface area (Å²) in [6.07, 6.45) is 8.59. The van der Waals surface area contributed by atoms with Crippen LogP contribution in [0.15, 0.2) is 18.3 Å². The first-order valence-corrected chi connectivity index (χ1v) is 8.41. The fourth-order valence-electron chi connectivity index (χ4n) is 3.69. The number of aromatic nitrogens is 4. The fourth-order valence-corrected chi connectivity index (χ4v) is 3.69. The number of rotatable bonds is 2. The van der Waals surface area contributed by atoms with Crippen LogP contribution in [0.25, 0.3) is 0 Å². The molecule has 23 heavy (non-hydrogen) atoms. The second-order valence-corrected chi connectivity index (χ2v) is 6.31. The number of nitriles is 1. The van der Waals surface area contributed by atoms with Crippen molar-refractivity contribution in [3.63, 3.8) is 0 Å². The molecule has 0 aliphatic carbocycles. The zero-order chi connectivity index (χ0) is 15.6. The lowest BCUT2D eigenvalue weighted by Crippen LogP contribution is -2.26. The Bertz CT molecular complexity index is 727. The van der Waals surface area contributed by atoms with E-state index in [0.29, 0.717) is 5.56 Å². The average molecular weight is 308 g/mol. The number of fused-ring (bicyclic) bond motifs is 1. The Balaban J connectivity index is 1.65. The second kappa shape index (κ2) is 5.99. The SMILES string of the molecule is N#Cc1ccc(N2CCCC2c2nnc3n2CCCCC3)nc1. The molecule has 1 saturated heterocycles. The van der Waals surface area contributed by atoms with Crippen molar-refractivity contribution < 1.29 is 0 Å². The standard InChI is InChI=1S/C17H20N6/c18-11-13-7-8-15(19-12-13)22-10-4-5-14(22)17-21-20-16-6-2-1-3-9-23(16)17/h7-8,12,14H,1-6,9-10H2. The number of nitrogens with zero attached hydrogens (tertiary/aromatic N) is 6. The van der Waals surface area contributed by atoms with E-state index in [-0.39, 0.29) is 6.04 Å². The highest BCUT2D eigenvalue weighted by Crippen LogP contribution is 2.35. The lowest BCUT2D eigenvalue weighted by molar-refractivity contribution is 0.558. The molecule has 0 amide bonds. The molecule has 1 unspecified atom stereocenters. The second-order valence-electron chi connectivity index (χ2n) is 6.31. The van der Waals surface area contributed by atoms with Gasteiger partial charge >= 0.3 is 0 Å². The maximum absolute atomic E-state index is 8.93. The molecule has 1 atom stereocenters. The summed E-state index contributed by atoms with van der Waals surface area (Å²) in [5.74, 6) is 3.15. The first-order chi connectivity index (χ1) is 11.4. The lowest BCUT2D eigenvalue weighted by Gasteiger charge is -2.25. The predicted octanol–water partition coefficient (Wildman–Crippen LogP) is 2.61. The summed E-state index contributed by atoms with van der Waals surface area (Å²) < 4.78 is 2.33. The van der Waals surface area contributed by atoms with Crippen molar-refractivity contribution in [2.45, 2.75) is 51.1 Å². The van der Waals surface area contributed by atoms with Gasteiger partial charge in [-0.25, -0.2) is 4.98 Å². The summed E-state index contributed by atoms with van der Waals surface area (Å²) in [6.45, 7) is 2.01. The number of aryl methyl sites for hydroxylation is 1. The summed E-state index contributed by atoms with van der Waals surface area (Å²) in [6, 6.07) is 6.15. The molecule has 4 heterocycles. The van der Waals surface area contributed by atoms with Crippen LogP contribution in [0.3, 0.4) is 0 Å². The van der Waals surface area contributed by atoms with Crippen LogP contribution in [0.2, 0.25) is 0 Å². The lowest BCUT2D eigenvalue weighted by atomic mass is 10.2. The van der Waals surface area contributed by atoms with E-state index in [4.69, 9.17) is 5.26 Å². The zero-order valence-electron chi connectivity index (χ0n) is 13.1. The van der Waals surface area contributed by atoms with Crippen LogP contribution in [0.5, 0.6) is 0 Å². The van der Waals surface area contributed by atoms with E-state index >= 15 is 0 Å². The molecule has 0 spiro atoms. The normalized spacial score (nSPS) is 20.8. The Morgan fingerprint density at radius 1 is 1.09 bits per heavy atom. The van der Waals surface area contributed by atoms with Crippen molar-refractivity contribution in [1.29, 1.82) is 5.26 Å². The van der Waals surface area contributed by atoms with Gasteiger partial charge in [-0.15, -0.1) is 10.2 Å². The fraction of sp³-hybridized carbons (Fsp3) is 0.529. The van der Waals surface area contributed by atoms with Crippen LogP contribution < -0.4 is 4.90 Å². The van der Waals surface area contributed by atoms with E-state index in [0.717, 1.165) is 49.8 Å². The Morgan fingerprint density at radius 3 is 2.87 bits per heavy atom. The molecule has 2 aliphatic rings. The summed E-state index contributed by atoms with van der Waals surface area (Å²) in [4.78, 5) is 6.78. The van der Waals surface area contributed by atoms with Crippen molar-refractivity contribution >= 4 is 5.82 Å². The van der Waals surface area contributed by atoms with Gasteiger partial charge in [0.25, 0.3) is 0 Å². The minimum absolute atomic E-state index is 0.245. The maximum atomic E-state index is 8.93. The van der Waals surface area contributed by atoms with Gasteiger partial charge in [-0.1, -0.05) is 6.42 Å². The zero-order valence-corrected chi connectivity index (χ0v) is 13.1.